The Morgan fingerprint density at radius 1 is 0.188 bits per heavy atom. The summed E-state index contributed by atoms with van der Waals surface area (Å²) in [6, 6.07) is 66.2. The van der Waals surface area contributed by atoms with Crippen LogP contribution in [0.15, 0.2) is 218 Å². The smallest absolute Gasteiger partial charge is 0.169 e. The molecule has 4 N–H and O–H groups in total. The Labute approximate surface area is 369 Å². The van der Waals surface area contributed by atoms with Gasteiger partial charge in [-0.05, 0) is 133 Å². The quantitative estimate of drug-likeness (QED) is 0.0908. The highest BCUT2D eigenvalue weighted by atomic mass is 16.5. The van der Waals surface area contributed by atoms with Crippen LogP contribution < -0.4 is 49.4 Å². The van der Waals surface area contributed by atoms with E-state index in [1.165, 1.54) is 0 Å². The van der Waals surface area contributed by atoms with Crippen LogP contribution in [0.5, 0.6) is 92.0 Å². The fourth-order valence-electron chi connectivity index (χ4n) is 6.40. The molecule has 0 atom stereocenters. The number of benzene rings is 9. The Hall–Kier alpha value is -9.02. The summed E-state index contributed by atoms with van der Waals surface area (Å²) in [5.41, 5.74) is 13.1. The van der Waals surface area contributed by atoms with Crippen LogP contribution in [0.2, 0.25) is 0 Å². The van der Waals surface area contributed by atoms with Crippen molar-refractivity contribution in [1.29, 1.82) is 0 Å². The SMILES string of the molecule is Nc1cccc(Oc2ccccc2Oc2ccc(Oc3cccc(Oc4ccccc4Oc4cccc(Oc5ccc(Oc6ccccc6Oc6cccc(N)c6)cc5)c4)c3)cc2)c1. The third-order valence-electron chi connectivity index (χ3n) is 9.36. The van der Waals surface area contributed by atoms with Gasteiger partial charge in [-0.25, -0.2) is 0 Å². The molecule has 64 heavy (non-hydrogen) atoms. The number of hydrogen-bond acceptors (Lipinski definition) is 10. The molecule has 0 aliphatic carbocycles. The Kier molecular flexibility index (Phi) is 12.1. The number of nitrogen functional groups attached to an aromatic ring is 2. The molecule has 0 radical (unpaired) electrons. The summed E-state index contributed by atoms with van der Waals surface area (Å²) < 4.78 is 49.5. The number of anilines is 2. The molecule has 314 valence electrons. The van der Waals surface area contributed by atoms with E-state index in [0.29, 0.717) is 103 Å². The van der Waals surface area contributed by atoms with Crippen molar-refractivity contribution in [2.45, 2.75) is 0 Å². The van der Waals surface area contributed by atoms with Crippen LogP contribution in [-0.2, 0) is 0 Å². The first-order chi connectivity index (χ1) is 31.4. The van der Waals surface area contributed by atoms with Crippen molar-refractivity contribution < 1.29 is 37.9 Å². The van der Waals surface area contributed by atoms with Crippen LogP contribution in [0.3, 0.4) is 0 Å². The highest BCUT2D eigenvalue weighted by molar-refractivity contribution is 5.52. The van der Waals surface area contributed by atoms with Gasteiger partial charge in [0.15, 0.2) is 34.5 Å². The first kappa shape index (κ1) is 40.4. The van der Waals surface area contributed by atoms with Gasteiger partial charge >= 0.3 is 0 Å². The van der Waals surface area contributed by atoms with Gasteiger partial charge in [0.2, 0.25) is 0 Å². The summed E-state index contributed by atoms with van der Waals surface area (Å²) in [5, 5.41) is 0. The van der Waals surface area contributed by atoms with E-state index in [1.807, 2.05) is 194 Å². The van der Waals surface area contributed by atoms with Crippen molar-refractivity contribution in [1.82, 2.24) is 0 Å². The van der Waals surface area contributed by atoms with E-state index in [4.69, 9.17) is 49.4 Å². The molecule has 0 heterocycles. The van der Waals surface area contributed by atoms with Gasteiger partial charge in [0.05, 0.1) is 0 Å². The van der Waals surface area contributed by atoms with Crippen LogP contribution in [-0.4, -0.2) is 0 Å². The second kappa shape index (κ2) is 19.1. The fraction of sp³-hybridized carbons (Fsp3) is 0. The molecular weight excluding hydrogens is 805 g/mol. The molecule has 10 heteroatoms. The highest BCUT2D eigenvalue weighted by Gasteiger charge is 2.13. The molecule has 0 unspecified atom stereocenters. The minimum absolute atomic E-state index is 0.517. The summed E-state index contributed by atoms with van der Waals surface area (Å²) in [4.78, 5) is 0. The average Bonchev–Trinajstić information content (AvgIpc) is 3.30. The average molecular weight is 845 g/mol. The molecule has 9 rings (SSSR count). The van der Waals surface area contributed by atoms with E-state index in [1.54, 1.807) is 24.3 Å². The first-order valence-corrected chi connectivity index (χ1v) is 20.3. The molecule has 0 aliphatic rings. The molecule has 9 aromatic rings. The third-order valence-corrected chi connectivity index (χ3v) is 9.36. The van der Waals surface area contributed by atoms with Gasteiger partial charge in [0.1, 0.15) is 57.5 Å². The summed E-state index contributed by atoms with van der Waals surface area (Å²) in [7, 11) is 0. The molecule has 0 bridgehead atoms. The van der Waals surface area contributed by atoms with E-state index < -0.39 is 0 Å². The van der Waals surface area contributed by atoms with Crippen molar-refractivity contribution in [2.75, 3.05) is 11.5 Å². The largest absolute Gasteiger partial charge is 0.457 e. The molecule has 0 amide bonds. The maximum atomic E-state index is 6.33. The van der Waals surface area contributed by atoms with Crippen LogP contribution in [0, 0.1) is 0 Å². The molecule has 0 aromatic heterocycles. The van der Waals surface area contributed by atoms with Crippen molar-refractivity contribution >= 4 is 11.4 Å². The second-order valence-corrected chi connectivity index (χ2v) is 14.2. The summed E-state index contributed by atoms with van der Waals surface area (Å²) >= 11 is 0. The maximum Gasteiger partial charge on any atom is 0.169 e. The lowest BCUT2D eigenvalue weighted by Gasteiger charge is -2.14. The Morgan fingerprint density at radius 2 is 0.406 bits per heavy atom. The van der Waals surface area contributed by atoms with Gasteiger partial charge < -0.3 is 49.4 Å². The number of hydrogen-bond donors (Lipinski definition) is 2. The van der Waals surface area contributed by atoms with Crippen LogP contribution >= 0.6 is 0 Å². The molecule has 9 aromatic carbocycles. The predicted octanol–water partition coefficient (Wildman–Crippen LogP) is 15.2. The van der Waals surface area contributed by atoms with Crippen LogP contribution in [0.1, 0.15) is 0 Å². The van der Waals surface area contributed by atoms with Crippen molar-refractivity contribution in [3.63, 3.8) is 0 Å². The number of nitrogens with two attached hydrogens (primary N) is 2. The monoisotopic (exact) mass is 844 g/mol. The molecule has 0 saturated carbocycles. The van der Waals surface area contributed by atoms with E-state index in [-0.39, 0.29) is 0 Å². The lowest BCUT2D eigenvalue weighted by atomic mass is 10.2. The van der Waals surface area contributed by atoms with Gasteiger partial charge in [-0.1, -0.05) is 60.7 Å². The maximum absolute atomic E-state index is 6.33. The highest BCUT2D eigenvalue weighted by Crippen LogP contribution is 2.40. The molecule has 0 saturated heterocycles. The Morgan fingerprint density at radius 3 is 0.688 bits per heavy atom. The van der Waals surface area contributed by atoms with Gasteiger partial charge in [0, 0.05) is 35.6 Å². The second-order valence-electron chi connectivity index (χ2n) is 14.2. The first-order valence-electron chi connectivity index (χ1n) is 20.3. The molecule has 0 aliphatic heterocycles. The summed E-state index contributed by atoms with van der Waals surface area (Å²) in [5.74, 6) is 9.26. The zero-order valence-electron chi connectivity index (χ0n) is 34.2. The van der Waals surface area contributed by atoms with E-state index in [0.717, 1.165) is 0 Å². The zero-order valence-corrected chi connectivity index (χ0v) is 34.2. The lowest BCUT2D eigenvalue weighted by molar-refractivity contribution is 0.411. The van der Waals surface area contributed by atoms with Crippen molar-refractivity contribution in [2.24, 2.45) is 0 Å². The van der Waals surface area contributed by atoms with Gasteiger partial charge in [-0.3, -0.25) is 0 Å². The third kappa shape index (κ3) is 10.6. The van der Waals surface area contributed by atoms with E-state index >= 15 is 0 Å². The molecule has 0 spiro atoms. The normalized spacial score (nSPS) is 10.6. The Balaban J connectivity index is 0.807. The number of ether oxygens (including phenoxy) is 8. The molecule has 0 fully saturated rings. The van der Waals surface area contributed by atoms with Crippen LogP contribution in [0.4, 0.5) is 11.4 Å². The minimum atomic E-state index is 0.517. The zero-order chi connectivity index (χ0) is 43.5. The van der Waals surface area contributed by atoms with Gasteiger partial charge in [-0.15, -0.1) is 0 Å². The van der Waals surface area contributed by atoms with Gasteiger partial charge in [-0.2, -0.15) is 0 Å². The lowest BCUT2D eigenvalue weighted by Crippen LogP contribution is -1.92. The molecule has 10 nitrogen and oxygen atoms in total. The van der Waals surface area contributed by atoms with E-state index in [2.05, 4.69) is 0 Å². The fourth-order valence-corrected chi connectivity index (χ4v) is 6.40. The van der Waals surface area contributed by atoms with E-state index in [9.17, 15) is 0 Å². The predicted molar refractivity (Wildman–Crippen MR) is 247 cm³/mol. The number of para-hydroxylation sites is 6. The minimum Gasteiger partial charge on any atom is -0.457 e. The summed E-state index contributed by atoms with van der Waals surface area (Å²) in [6.45, 7) is 0. The Bertz CT molecular complexity index is 2790. The van der Waals surface area contributed by atoms with Crippen molar-refractivity contribution in [3.05, 3.63) is 218 Å². The number of rotatable bonds is 16. The summed E-state index contributed by atoms with van der Waals surface area (Å²) in [6.07, 6.45) is 0. The van der Waals surface area contributed by atoms with Crippen molar-refractivity contribution in [3.8, 4) is 92.0 Å². The standard InChI is InChI=1S/C54H40N2O8/c55-37-11-7-13-43(33-37)61-51-21-3-1-19-49(51)59-41-29-25-39(26-30-41)57-45-15-9-17-47(35-45)63-53-23-5-6-24-54(53)64-48-18-10-16-46(36-48)58-40-27-31-42(32-28-40)60-50-20-2-4-22-52(50)62-44-14-8-12-38(56)34-44/h1-36H,55-56H2. The topological polar surface area (TPSA) is 126 Å². The van der Waals surface area contributed by atoms with Gasteiger partial charge in [0.25, 0.3) is 0 Å². The van der Waals surface area contributed by atoms with Crippen LogP contribution in [0.25, 0.3) is 0 Å². The molecular formula is C54H40N2O8.